The molecule has 0 aromatic carbocycles. The lowest BCUT2D eigenvalue weighted by atomic mass is 10.1. The van der Waals surface area contributed by atoms with Crippen LogP contribution in [-0.4, -0.2) is 12.6 Å². The number of rotatable bonds is 13. The van der Waals surface area contributed by atoms with Crippen LogP contribution in [0.5, 0.6) is 0 Å². The number of ether oxygens (including phenoxy) is 1. The highest BCUT2D eigenvalue weighted by Gasteiger charge is 2.04. The van der Waals surface area contributed by atoms with E-state index in [1.54, 1.807) is 0 Å². The first-order valence-electron chi connectivity index (χ1n) is 8.56. The normalized spacial score (nSPS) is 11.7. The molecule has 0 aliphatic carbocycles. The van der Waals surface area contributed by atoms with Crippen LogP contribution < -0.4 is 0 Å². The second-order valence-corrected chi connectivity index (χ2v) is 5.64. The van der Waals surface area contributed by atoms with Crippen molar-refractivity contribution in [3.63, 3.8) is 0 Å². The highest BCUT2D eigenvalue weighted by molar-refractivity contribution is 5.87. The minimum Gasteiger partial charge on any atom is -0.462 e. The second-order valence-electron chi connectivity index (χ2n) is 5.64. The maximum atomic E-state index is 11.7. The van der Waals surface area contributed by atoms with Crippen molar-refractivity contribution in [2.45, 2.75) is 91.4 Å². The van der Waals surface area contributed by atoms with Gasteiger partial charge in [-0.25, -0.2) is 4.79 Å². The summed E-state index contributed by atoms with van der Waals surface area (Å²) in [5.74, 6) is -0.135. The Bertz CT molecular complexity index is 256. The standard InChI is InChI=1S/C18H34O2/c1-4-6-8-9-10-11-12-13-15-17(3)18(19)20-16-14-7-5-2/h15H,4-14,16H2,1-3H3. The minimum absolute atomic E-state index is 0.135. The molecule has 0 amide bonds. The summed E-state index contributed by atoms with van der Waals surface area (Å²) in [5.41, 5.74) is 0.771. The molecule has 0 spiro atoms. The van der Waals surface area contributed by atoms with E-state index in [0.717, 1.165) is 31.3 Å². The summed E-state index contributed by atoms with van der Waals surface area (Å²) in [7, 11) is 0. The van der Waals surface area contributed by atoms with E-state index < -0.39 is 0 Å². The number of carbonyl (C=O) groups excluding carboxylic acids is 1. The van der Waals surface area contributed by atoms with E-state index in [9.17, 15) is 4.79 Å². The SMILES string of the molecule is CCCCCCCCCC=C(C)C(=O)OCCCCC. The Balaban J connectivity index is 3.51. The first kappa shape index (κ1) is 19.2. The van der Waals surface area contributed by atoms with E-state index in [1.807, 2.05) is 13.0 Å². The molecule has 118 valence electrons. The summed E-state index contributed by atoms with van der Waals surface area (Å²) in [5, 5.41) is 0. The molecule has 2 heteroatoms. The van der Waals surface area contributed by atoms with E-state index in [4.69, 9.17) is 4.74 Å². The molecular formula is C18H34O2. The zero-order valence-electron chi connectivity index (χ0n) is 13.9. The number of allylic oxidation sites excluding steroid dienone is 1. The summed E-state index contributed by atoms with van der Waals surface area (Å²) in [6, 6.07) is 0. The zero-order chi connectivity index (χ0) is 15.1. The molecule has 0 atom stereocenters. The maximum absolute atomic E-state index is 11.7. The van der Waals surface area contributed by atoms with Crippen molar-refractivity contribution in [2.24, 2.45) is 0 Å². The summed E-state index contributed by atoms with van der Waals surface area (Å²) >= 11 is 0. The number of carbonyl (C=O) groups is 1. The van der Waals surface area contributed by atoms with Crippen LogP contribution in [0.2, 0.25) is 0 Å². The van der Waals surface area contributed by atoms with Gasteiger partial charge in [-0.1, -0.05) is 71.3 Å². The van der Waals surface area contributed by atoms with E-state index in [1.165, 1.54) is 44.9 Å². The Kier molecular flexibility index (Phi) is 14.0. The van der Waals surface area contributed by atoms with Crippen molar-refractivity contribution >= 4 is 5.97 Å². The average Bonchev–Trinajstić information content (AvgIpc) is 2.46. The van der Waals surface area contributed by atoms with Crippen molar-refractivity contribution in [3.05, 3.63) is 11.6 Å². The first-order chi connectivity index (χ1) is 9.72. The summed E-state index contributed by atoms with van der Waals surface area (Å²) in [6.07, 6.45) is 15.5. The van der Waals surface area contributed by atoms with Crippen molar-refractivity contribution in [3.8, 4) is 0 Å². The Labute approximate surface area is 126 Å². The molecule has 0 saturated carbocycles. The van der Waals surface area contributed by atoms with Crippen LogP contribution in [-0.2, 0) is 9.53 Å². The molecule has 2 nitrogen and oxygen atoms in total. The third-order valence-corrected chi connectivity index (χ3v) is 3.56. The quantitative estimate of drug-likeness (QED) is 0.242. The molecule has 0 aromatic heterocycles. The lowest BCUT2D eigenvalue weighted by molar-refractivity contribution is -0.139. The second kappa shape index (κ2) is 14.6. The summed E-state index contributed by atoms with van der Waals surface area (Å²) < 4.78 is 5.22. The molecule has 20 heavy (non-hydrogen) atoms. The van der Waals surface area contributed by atoms with Crippen LogP contribution in [0.25, 0.3) is 0 Å². The molecular weight excluding hydrogens is 248 g/mol. The molecule has 0 N–H and O–H groups in total. The average molecular weight is 282 g/mol. The molecule has 0 saturated heterocycles. The lowest BCUT2D eigenvalue weighted by Crippen LogP contribution is -2.07. The van der Waals surface area contributed by atoms with Gasteiger partial charge in [-0.3, -0.25) is 0 Å². The summed E-state index contributed by atoms with van der Waals surface area (Å²) in [4.78, 5) is 11.7. The van der Waals surface area contributed by atoms with Gasteiger partial charge in [0.15, 0.2) is 0 Å². The van der Waals surface area contributed by atoms with Gasteiger partial charge in [0.2, 0.25) is 0 Å². The fourth-order valence-electron chi connectivity index (χ4n) is 2.13. The van der Waals surface area contributed by atoms with Crippen molar-refractivity contribution in [2.75, 3.05) is 6.61 Å². The van der Waals surface area contributed by atoms with Crippen LogP contribution in [0.1, 0.15) is 91.4 Å². The van der Waals surface area contributed by atoms with Crippen molar-refractivity contribution in [1.29, 1.82) is 0 Å². The largest absolute Gasteiger partial charge is 0.462 e. The summed E-state index contributed by atoms with van der Waals surface area (Å²) in [6.45, 7) is 6.82. The van der Waals surface area contributed by atoms with Crippen LogP contribution >= 0.6 is 0 Å². The molecule has 0 radical (unpaired) electrons. The van der Waals surface area contributed by atoms with E-state index >= 15 is 0 Å². The number of hydrogen-bond donors (Lipinski definition) is 0. The number of esters is 1. The molecule has 0 aliphatic heterocycles. The minimum atomic E-state index is -0.135. The van der Waals surface area contributed by atoms with E-state index in [0.29, 0.717) is 6.61 Å². The van der Waals surface area contributed by atoms with Crippen LogP contribution in [0.15, 0.2) is 11.6 Å². The number of unbranched alkanes of at least 4 members (excludes halogenated alkanes) is 9. The van der Waals surface area contributed by atoms with E-state index in [2.05, 4.69) is 13.8 Å². The Morgan fingerprint density at radius 2 is 1.40 bits per heavy atom. The Morgan fingerprint density at radius 1 is 0.850 bits per heavy atom. The Morgan fingerprint density at radius 3 is 2.05 bits per heavy atom. The molecule has 0 heterocycles. The fourth-order valence-corrected chi connectivity index (χ4v) is 2.13. The predicted octanol–water partition coefficient (Wildman–Crippen LogP) is 5.81. The molecule has 0 aliphatic rings. The molecule has 0 fully saturated rings. The molecule has 0 unspecified atom stereocenters. The highest BCUT2D eigenvalue weighted by atomic mass is 16.5. The topological polar surface area (TPSA) is 26.3 Å². The van der Waals surface area contributed by atoms with Gasteiger partial charge < -0.3 is 4.74 Å². The van der Waals surface area contributed by atoms with Gasteiger partial charge in [0.25, 0.3) is 0 Å². The van der Waals surface area contributed by atoms with Gasteiger partial charge >= 0.3 is 5.97 Å². The third kappa shape index (κ3) is 12.3. The van der Waals surface area contributed by atoms with Gasteiger partial charge in [0, 0.05) is 5.57 Å². The van der Waals surface area contributed by atoms with Crippen LogP contribution in [0.3, 0.4) is 0 Å². The Hall–Kier alpha value is -0.790. The number of hydrogen-bond acceptors (Lipinski definition) is 2. The van der Waals surface area contributed by atoms with E-state index in [-0.39, 0.29) is 5.97 Å². The fraction of sp³-hybridized carbons (Fsp3) is 0.833. The zero-order valence-corrected chi connectivity index (χ0v) is 13.9. The van der Waals surface area contributed by atoms with Gasteiger partial charge in [-0.2, -0.15) is 0 Å². The van der Waals surface area contributed by atoms with Gasteiger partial charge in [-0.05, 0) is 26.2 Å². The molecule has 0 rings (SSSR count). The third-order valence-electron chi connectivity index (χ3n) is 3.56. The predicted molar refractivity (Wildman–Crippen MR) is 86.9 cm³/mol. The molecule has 0 bridgehead atoms. The van der Waals surface area contributed by atoms with Gasteiger partial charge in [0.05, 0.1) is 6.61 Å². The van der Waals surface area contributed by atoms with Crippen LogP contribution in [0, 0.1) is 0 Å². The van der Waals surface area contributed by atoms with Crippen molar-refractivity contribution < 1.29 is 9.53 Å². The highest BCUT2D eigenvalue weighted by Crippen LogP contribution is 2.10. The van der Waals surface area contributed by atoms with Gasteiger partial charge in [-0.15, -0.1) is 0 Å². The van der Waals surface area contributed by atoms with Crippen LogP contribution in [0.4, 0.5) is 0 Å². The van der Waals surface area contributed by atoms with Gasteiger partial charge in [0.1, 0.15) is 0 Å². The first-order valence-corrected chi connectivity index (χ1v) is 8.56. The lowest BCUT2D eigenvalue weighted by Gasteiger charge is -2.04. The van der Waals surface area contributed by atoms with Crippen molar-refractivity contribution in [1.82, 2.24) is 0 Å². The molecule has 0 aromatic rings. The monoisotopic (exact) mass is 282 g/mol. The smallest absolute Gasteiger partial charge is 0.333 e. The maximum Gasteiger partial charge on any atom is 0.333 e.